The van der Waals surface area contributed by atoms with E-state index in [4.69, 9.17) is 0 Å². The Balaban J connectivity index is 1.97. The molecule has 0 atom stereocenters. The molecule has 0 fully saturated rings. The molecule has 0 aliphatic carbocycles. The zero-order chi connectivity index (χ0) is 11.5. The smallest absolute Gasteiger partial charge is 0.124 e. The van der Waals surface area contributed by atoms with Crippen LogP contribution in [-0.2, 0) is 13.6 Å². The lowest BCUT2D eigenvalue weighted by molar-refractivity contribution is 0.768. The van der Waals surface area contributed by atoms with Crippen LogP contribution in [0.2, 0.25) is 0 Å². The van der Waals surface area contributed by atoms with Crippen LogP contribution in [-0.4, -0.2) is 14.8 Å². The Morgan fingerprint density at radius 2 is 2.31 bits per heavy atom. The van der Waals surface area contributed by atoms with Gasteiger partial charge in [0.05, 0.1) is 12.7 Å². The highest BCUT2D eigenvalue weighted by Gasteiger charge is 2.05. The molecule has 86 valence electrons. The van der Waals surface area contributed by atoms with Gasteiger partial charge < -0.3 is 5.32 Å². The second-order valence-electron chi connectivity index (χ2n) is 4.00. The molecule has 16 heavy (non-hydrogen) atoms. The fourth-order valence-corrected chi connectivity index (χ4v) is 2.25. The summed E-state index contributed by atoms with van der Waals surface area (Å²) < 4.78 is 1.82. The van der Waals surface area contributed by atoms with E-state index in [-0.39, 0.29) is 0 Å². The van der Waals surface area contributed by atoms with E-state index in [1.807, 2.05) is 24.0 Å². The van der Waals surface area contributed by atoms with E-state index < -0.39 is 0 Å². The Hall–Kier alpha value is -1.36. The Kier molecular flexibility index (Phi) is 3.24. The molecule has 0 aromatic carbocycles. The van der Waals surface area contributed by atoms with Gasteiger partial charge in [0.15, 0.2) is 0 Å². The molecule has 2 heterocycles. The molecule has 2 aromatic heterocycles. The summed E-state index contributed by atoms with van der Waals surface area (Å²) in [6, 6.07) is 1.96. The van der Waals surface area contributed by atoms with E-state index in [0.717, 1.165) is 17.4 Å². The first-order chi connectivity index (χ1) is 7.66. The van der Waals surface area contributed by atoms with Crippen LogP contribution in [0.25, 0.3) is 0 Å². The highest BCUT2D eigenvalue weighted by molar-refractivity contribution is 7.11. The summed E-state index contributed by atoms with van der Waals surface area (Å²) >= 11 is 1.77. The van der Waals surface area contributed by atoms with E-state index in [9.17, 15) is 0 Å². The second kappa shape index (κ2) is 4.65. The van der Waals surface area contributed by atoms with Crippen LogP contribution in [0.15, 0.2) is 18.5 Å². The van der Waals surface area contributed by atoms with Crippen molar-refractivity contribution in [2.75, 3.05) is 5.32 Å². The van der Waals surface area contributed by atoms with Crippen molar-refractivity contribution in [3.8, 4) is 0 Å². The number of nitrogens with one attached hydrogen (secondary N) is 1. The minimum absolute atomic E-state index is 0.558. The molecule has 0 amide bonds. The van der Waals surface area contributed by atoms with Gasteiger partial charge in [0, 0.05) is 24.2 Å². The molecule has 0 aliphatic heterocycles. The van der Waals surface area contributed by atoms with Crippen LogP contribution < -0.4 is 5.32 Å². The highest BCUT2D eigenvalue weighted by atomic mass is 32.1. The van der Waals surface area contributed by atoms with Crippen molar-refractivity contribution in [2.24, 2.45) is 7.05 Å². The minimum atomic E-state index is 0.558. The fraction of sp³-hybridized carbons (Fsp3) is 0.455. The van der Waals surface area contributed by atoms with Crippen molar-refractivity contribution < 1.29 is 0 Å². The number of aryl methyl sites for hydroxylation is 1. The highest BCUT2D eigenvalue weighted by Crippen LogP contribution is 2.22. The Labute approximate surface area is 99.3 Å². The molecular weight excluding hydrogens is 220 g/mol. The Morgan fingerprint density at radius 1 is 1.50 bits per heavy atom. The van der Waals surface area contributed by atoms with E-state index in [0.29, 0.717) is 5.92 Å². The minimum Gasteiger partial charge on any atom is -0.364 e. The summed E-state index contributed by atoms with van der Waals surface area (Å²) in [7, 11) is 1.92. The average molecular weight is 236 g/mol. The first-order valence-electron chi connectivity index (χ1n) is 5.33. The lowest BCUT2D eigenvalue weighted by atomic mass is 10.2. The SMILES string of the molecule is CC(C)c1cnc(CNc2ccnn2C)s1. The van der Waals surface area contributed by atoms with Gasteiger partial charge in [-0.25, -0.2) is 4.98 Å². The van der Waals surface area contributed by atoms with Gasteiger partial charge in [0.2, 0.25) is 0 Å². The molecule has 1 N–H and O–H groups in total. The van der Waals surface area contributed by atoms with Crippen LogP contribution in [0.1, 0.15) is 29.7 Å². The monoisotopic (exact) mass is 236 g/mol. The van der Waals surface area contributed by atoms with Crippen LogP contribution in [0.3, 0.4) is 0 Å². The standard InChI is InChI=1S/C11H16N4S/c1-8(2)9-6-13-11(16-9)7-12-10-4-5-14-15(10)3/h4-6,8,12H,7H2,1-3H3. The number of hydrogen-bond acceptors (Lipinski definition) is 4. The van der Waals surface area contributed by atoms with Crippen molar-refractivity contribution in [2.45, 2.75) is 26.3 Å². The summed E-state index contributed by atoms with van der Waals surface area (Å²) in [5, 5.41) is 8.53. The first kappa shape index (κ1) is 11.1. The van der Waals surface area contributed by atoms with Crippen molar-refractivity contribution in [3.63, 3.8) is 0 Å². The van der Waals surface area contributed by atoms with Gasteiger partial charge in [-0.05, 0) is 5.92 Å². The molecule has 4 nitrogen and oxygen atoms in total. The fourth-order valence-electron chi connectivity index (χ4n) is 1.39. The maximum absolute atomic E-state index is 4.39. The summed E-state index contributed by atoms with van der Waals surface area (Å²) in [6.45, 7) is 5.13. The van der Waals surface area contributed by atoms with Gasteiger partial charge >= 0.3 is 0 Å². The molecule has 0 unspecified atom stereocenters. The van der Waals surface area contributed by atoms with Gasteiger partial charge in [-0.2, -0.15) is 5.10 Å². The van der Waals surface area contributed by atoms with Gasteiger partial charge in [0.25, 0.3) is 0 Å². The quantitative estimate of drug-likeness (QED) is 0.887. The number of nitrogens with zero attached hydrogens (tertiary/aromatic N) is 3. The van der Waals surface area contributed by atoms with Gasteiger partial charge in [-0.15, -0.1) is 11.3 Å². The molecule has 0 radical (unpaired) electrons. The molecule has 0 spiro atoms. The lowest BCUT2D eigenvalue weighted by Crippen LogP contribution is -2.03. The van der Waals surface area contributed by atoms with E-state index in [2.05, 4.69) is 29.2 Å². The van der Waals surface area contributed by atoms with Crippen molar-refractivity contribution >= 4 is 17.2 Å². The molecule has 5 heteroatoms. The van der Waals surface area contributed by atoms with Gasteiger partial charge in [-0.1, -0.05) is 13.8 Å². The molecular formula is C11H16N4S. The predicted octanol–water partition coefficient (Wildman–Crippen LogP) is 2.61. The van der Waals surface area contributed by atoms with Crippen LogP contribution in [0.5, 0.6) is 0 Å². The molecule has 2 rings (SSSR count). The van der Waals surface area contributed by atoms with Gasteiger partial charge in [-0.3, -0.25) is 4.68 Å². The van der Waals surface area contributed by atoms with Crippen molar-refractivity contribution in [1.29, 1.82) is 0 Å². The third-order valence-electron chi connectivity index (χ3n) is 2.38. The normalized spacial score (nSPS) is 11.0. The van der Waals surface area contributed by atoms with Crippen molar-refractivity contribution in [1.82, 2.24) is 14.8 Å². The maximum Gasteiger partial charge on any atom is 0.124 e. The second-order valence-corrected chi connectivity index (χ2v) is 5.15. The van der Waals surface area contributed by atoms with Crippen LogP contribution in [0.4, 0.5) is 5.82 Å². The number of thiazole rings is 1. The van der Waals surface area contributed by atoms with E-state index in [1.165, 1.54) is 4.88 Å². The zero-order valence-electron chi connectivity index (χ0n) is 9.77. The van der Waals surface area contributed by atoms with Crippen LogP contribution in [0, 0.1) is 0 Å². The van der Waals surface area contributed by atoms with Gasteiger partial charge in [0.1, 0.15) is 10.8 Å². The summed E-state index contributed by atoms with van der Waals surface area (Å²) in [6.07, 6.45) is 3.75. The third-order valence-corrected chi connectivity index (χ3v) is 3.68. The van der Waals surface area contributed by atoms with E-state index in [1.54, 1.807) is 17.5 Å². The topological polar surface area (TPSA) is 42.7 Å². The molecule has 0 bridgehead atoms. The molecule has 0 aliphatic rings. The third kappa shape index (κ3) is 2.41. The molecule has 2 aromatic rings. The number of aromatic nitrogens is 3. The van der Waals surface area contributed by atoms with Crippen molar-refractivity contribution in [3.05, 3.63) is 28.3 Å². The Morgan fingerprint density at radius 3 is 2.88 bits per heavy atom. The Bertz CT molecular complexity index is 458. The number of hydrogen-bond donors (Lipinski definition) is 1. The maximum atomic E-state index is 4.39. The molecule has 0 saturated heterocycles. The lowest BCUT2D eigenvalue weighted by Gasteiger charge is -2.03. The van der Waals surface area contributed by atoms with Crippen LogP contribution >= 0.6 is 11.3 Å². The number of anilines is 1. The number of rotatable bonds is 4. The molecule has 0 saturated carbocycles. The first-order valence-corrected chi connectivity index (χ1v) is 6.15. The average Bonchev–Trinajstić information content (AvgIpc) is 2.83. The summed E-state index contributed by atoms with van der Waals surface area (Å²) in [5.74, 6) is 1.57. The van der Waals surface area contributed by atoms with E-state index >= 15 is 0 Å². The summed E-state index contributed by atoms with van der Waals surface area (Å²) in [4.78, 5) is 5.73. The largest absolute Gasteiger partial charge is 0.364 e. The summed E-state index contributed by atoms with van der Waals surface area (Å²) in [5.41, 5.74) is 0. The zero-order valence-corrected chi connectivity index (χ0v) is 10.6. The predicted molar refractivity (Wildman–Crippen MR) is 66.7 cm³/mol.